The van der Waals surface area contributed by atoms with E-state index in [1.807, 2.05) is 53.8 Å². The van der Waals surface area contributed by atoms with Crippen LogP contribution in [0.2, 0.25) is 0 Å². The largest absolute Gasteiger partial charge is 0.481 e. The smallest absolute Gasteiger partial charge is 0.407 e. The van der Waals surface area contributed by atoms with Crippen molar-refractivity contribution < 1.29 is 33.0 Å². The van der Waals surface area contributed by atoms with Crippen molar-refractivity contribution in [1.82, 2.24) is 10.6 Å². The second kappa shape index (κ2) is 8.94. The van der Waals surface area contributed by atoms with Crippen LogP contribution in [0.25, 0.3) is 11.1 Å². The maximum Gasteiger partial charge on any atom is 0.407 e. The van der Waals surface area contributed by atoms with Crippen molar-refractivity contribution in [2.75, 3.05) is 13.2 Å². The van der Waals surface area contributed by atoms with E-state index in [0.717, 1.165) is 22.3 Å². The zero-order valence-corrected chi connectivity index (χ0v) is 18.9. The van der Waals surface area contributed by atoms with E-state index in [4.69, 9.17) is 9.84 Å². The summed E-state index contributed by atoms with van der Waals surface area (Å²) >= 11 is 0. The van der Waals surface area contributed by atoms with E-state index >= 15 is 0 Å². The van der Waals surface area contributed by atoms with Crippen LogP contribution >= 0.6 is 0 Å². The Kier molecular flexibility index (Phi) is 5.94. The number of nitrogens with one attached hydrogen (secondary N) is 2. The minimum atomic E-state index is -3.82. The Morgan fingerprint density at radius 3 is 2.23 bits per heavy atom. The molecule has 5 rings (SSSR count). The molecular weight excluding hydrogens is 458 g/mol. The Labute approximate surface area is 200 Å². The fourth-order valence-electron chi connectivity index (χ4n) is 5.78. The number of carbonyl (C=O) groups is 3. The van der Waals surface area contributed by atoms with Gasteiger partial charge in [-0.25, -0.2) is 4.79 Å². The summed E-state index contributed by atoms with van der Waals surface area (Å²) in [6.07, 6.45) is 0.375. The van der Waals surface area contributed by atoms with E-state index in [2.05, 4.69) is 5.32 Å². The number of carboxylic acids is 1. The van der Waals surface area contributed by atoms with Gasteiger partial charge < -0.3 is 20.5 Å². The van der Waals surface area contributed by atoms with Crippen molar-refractivity contribution in [1.29, 1.82) is 0 Å². The van der Waals surface area contributed by atoms with E-state index in [-0.39, 0.29) is 24.4 Å². The summed E-state index contributed by atoms with van der Waals surface area (Å²) in [4.78, 5) is 35.5. The van der Waals surface area contributed by atoms with Crippen molar-refractivity contribution in [3.63, 3.8) is 0 Å². The molecule has 9 heteroatoms. The second-order valence-electron chi connectivity index (χ2n) is 9.63. The van der Waals surface area contributed by atoms with Crippen molar-refractivity contribution >= 4 is 18.0 Å². The van der Waals surface area contributed by atoms with Crippen LogP contribution in [-0.4, -0.2) is 48.2 Å². The molecule has 0 bridgehead atoms. The lowest BCUT2D eigenvalue weighted by atomic mass is 9.71. The molecule has 3 aliphatic carbocycles. The number of amides is 2. The summed E-state index contributed by atoms with van der Waals surface area (Å²) in [5.74, 6) is -6.81. The first-order chi connectivity index (χ1) is 16.7. The molecule has 35 heavy (non-hydrogen) atoms. The number of fused-ring (bicyclic) bond motifs is 4. The van der Waals surface area contributed by atoms with Gasteiger partial charge in [0.1, 0.15) is 6.61 Å². The standard InChI is InChI=1S/C26H26F2N2O5/c27-26(28,24(33)30-22-11-14-9-15(23(31)32)10-20(14)22)13-29-25(34)35-12-21-18-7-3-1-5-16(18)17-6-2-4-8-19(17)21/h1-8,14-15,20-22H,9-13H2,(H,29,34)(H,30,33)(H,31,32)/t14-,15?,20-,22+/m1/s1. The zero-order chi connectivity index (χ0) is 24.7. The number of alkyl halides is 2. The van der Waals surface area contributed by atoms with Crippen LogP contribution in [-0.2, 0) is 14.3 Å². The lowest BCUT2D eigenvalue weighted by Gasteiger charge is -2.41. The Morgan fingerprint density at radius 1 is 0.971 bits per heavy atom. The Bertz CT molecular complexity index is 1120. The molecule has 0 spiro atoms. The third-order valence-electron chi connectivity index (χ3n) is 7.62. The number of rotatable bonds is 7. The van der Waals surface area contributed by atoms with Gasteiger partial charge in [-0.2, -0.15) is 8.78 Å². The van der Waals surface area contributed by atoms with Gasteiger partial charge in [-0.3, -0.25) is 9.59 Å². The minimum Gasteiger partial charge on any atom is -0.481 e. The molecule has 2 amide bonds. The number of ether oxygens (including phenoxy) is 1. The highest BCUT2D eigenvalue weighted by molar-refractivity contribution is 5.85. The van der Waals surface area contributed by atoms with Crippen LogP contribution in [0.5, 0.6) is 0 Å². The minimum absolute atomic E-state index is 0.0203. The van der Waals surface area contributed by atoms with Crippen LogP contribution in [0.15, 0.2) is 48.5 Å². The third-order valence-corrected chi connectivity index (χ3v) is 7.62. The number of aliphatic carboxylic acids is 1. The molecule has 2 aromatic carbocycles. The average Bonchev–Trinajstić information content (AvgIpc) is 3.35. The normalized spacial score (nSPS) is 24.5. The SMILES string of the molecule is O=C(NCC(F)(F)C(=O)N[C@H]1C[C@H]2CC(C(=O)O)C[C@H]21)OCC1c2ccccc2-c2ccccc21. The number of carbonyl (C=O) groups excluding carboxylic acids is 2. The first-order valence-electron chi connectivity index (χ1n) is 11.7. The summed E-state index contributed by atoms with van der Waals surface area (Å²) in [7, 11) is 0. The van der Waals surface area contributed by atoms with Gasteiger partial charge >= 0.3 is 18.0 Å². The van der Waals surface area contributed by atoms with Gasteiger partial charge in [0.15, 0.2) is 0 Å². The fourth-order valence-corrected chi connectivity index (χ4v) is 5.78. The molecule has 3 N–H and O–H groups in total. The van der Waals surface area contributed by atoms with Gasteiger partial charge in [0.2, 0.25) is 0 Å². The summed E-state index contributed by atoms with van der Waals surface area (Å²) < 4.78 is 34.1. The molecule has 1 unspecified atom stereocenters. The number of carboxylic acid groups (broad SMARTS) is 1. The molecule has 3 aliphatic rings. The lowest BCUT2D eigenvalue weighted by molar-refractivity contribution is -0.147. The first-order valence-corrected chi connectivity index (χ1v) is 11.7. The maximum atomic E-state index is 14.4. The van der Waals surface area contributed by atoms with Crippen LogP contribution < -0.4 is 10.6 Å². The Balaban J connectivity index is 1.12. The summed E-state index contributed by atoms with van der Waals surface area (Å²) in [6.45, 7) is -1.21. The molecular formula is C26H26F2N2O5. The van der Waals surface area contributed by atoms with Crippen molar-refractivity contribution in [2.24, 2.45) is 17.8 Å². The summed E-state index contributed by atoms with van der Waals surface area (Å²) in [6, 6.07) is 15.1. The van der Waals surface area contributed by atoms with Gasteiger partial charge in [0.05, 0.1) is 12.5 Å². The molecule has 0 heterocycles. The summed E-state index contributed by atoms with van der Waals surface area (Å²) in [5, 5.41) is 13.5. The molecule has 0 aromatic heterocycles. The number of alkyl carbamates (subject to hydrolysis) is 1. The quantitative estimate of drug-likeness (QED) is 0.555. The van der Waals surface area contributed by atoms with Crippen LogP contribution in [0.3, 0.4) is 0 Å². The first kappa shape index (κ1) is 23.3. The highest BCUT2D eigenvalue weighted by atomic mass is 19.3. The van der Waals surface area contributed by atoms with E-state index in [1.54, 1.807) is 0 Å². The zero-order valence-electron chi connectivity index (χ0n) is 18.9. The summed E-state index contributed by atoms with van der Waals surface area (Å²) in [5.41, 5.74) is 4.11. The number of hydrogen-bond donors (Lipinski definition) is 3. The van der Waals surface area contributed by atoms with E-state index in [9.17, 15) is 23.2 Å². The predicted octanol–water partition coefficient (Wildman–Crippen LogP) is 3.78. The molecule has 184 valence electrons. The highest BCUT2D eigenvalue weighted by Crippen LogP contribution is 2.50. The van der Waals surface area contributed by atoms with E-state index in [0.29, 0.717) is 19.3 Å². The second-order valence-corrected chi connectivity index (χ2v) is 9.63. The molecule has 2 saturated carbocycles. The van der Waals surface area contributed by atoms with Crippen LogP contribution in [0.1, 0.15) is 36.3 Å². The van der Waals surface area contributed by atoms with Gasteiger partial charge in [-0.05, 0) is 53.4 Å². The molecule has 7 nitrogen and oxygen atoms in total. The molecule has 4 atom stereocenters. The Hall–Kier alpha value is -3.49. The topological polar surface area (TPSA) is 105 Å². The van der Waals surface area contributed by atoms with E-state index < -0.39 is 42.4 Å². The molecule has 0 radical (unpaired) electrons. The predicted molar refractivity (Wildman–Crippen MR) is 122 cm³/mol. The molecule has 0 saturated heterocycles. The fraction of sp³-hybridized carbons (Fsp3) is 0.423. The highest BCUT2D eigenvalue weighted by Gasteiger charge is 2.52. The average molecular weight is 484 g/mol. The van der Waals surface area contributed by atoms with Gasteiger partial charge in [0.25, 0.3) is 5.91 Å². The molecule has 2 fully saturated rings. The van der Waals surface area contributed by atoms with Crippen molar-refractivity contribution in [3.05, 3.63) is 59.7 Å². The number of halogens is 2. The number of hydrogen-bond acceptors (Lipinski definition) is 4. The van der Waals surface area contributed by atoms with Gasteiger partial charge in [-0.1, -0.05) is 48.5 Å². The van der Waals surface area contributed by atoms with E-state index in [1.165, 1.54) is 0 Å². The maximum absolute atomic E-state index is 14.4. The Morgan fingerprint density at radius 2 is 1.60 bits per heavy atom. The van der Waals surface area contributed by atoms with Gasteiger partial charge in [0, 0.05) is 12.0 Å². The monoisotopic (exact) mass is 484 g/mol. The van der Waals surface area contributed by atoms with Crippen LogP contribution in [0.4, 0.5) is 13.6 Å². The van der Waals surface area contributed by atoms with Crippen molar-refractivity contribution in [2.45, 2.75) is 37.1 Å². The number of benzene rings is 2. The van der Waals surface area contributed by atoms with Gasteiger partial charge in [-0.15, -0.1) is 0 Å². The van der Waals surface area contributed by atoms with Crippen LogP contribution in [0, 0.1) is 17.8 Å². The molecule has 0 aliphatic heterocycles. The molecule has 2 aromatic rings. The third kappa shape index (κ3) is 4.35. The lowest BCUT2D eigenvalue weighted by Crippen LogP contribution is -2.56. The van der Waals surface area contributed by atoms with Crippen molar-refractivity contribution in [3.8, 4) is 11.1 Å².